The lowest BCUT2D eigenvalue weighted by Crippen LogP contribution is -2.32. The van der Waals surface area contributed by atoms with Crippen LogP contribution in [0, 0.1) is 0 Å². The summed E-state index contributed by atoms with van der Waals surface area (Å²) >= 11 is 1.33. The number of hydrogen-bond acceptors (Lipinski definition) is 5. The van der Waals surface area contributed by atoms with Gasteiger partial charge in [0.2, 0.25) is 0 Å². The number of aromatic nitrogens is 2. The molecule has 1 N–H and O–H groups in total. The fourth-order valence-electron chi connectivity index (χ4n) is 1.50. The second-order valence-electron chi connectivity index (χ2n) is 3.61. The van der Waals surface area contributed by atoms with Gasteiger partial charge in [-0.2, -0.15) is 0 Å². The Labute approximate surface area is 95.4 Å². The first kappa shape index (κ1) is 9.80. The molecule has 0 radical (unpaired) electrons. The lowest BCUT2D eigenvalue weighted by atomic mass is 10.2. The molecule has 0 aliphatic carbocycles. The van der Waals surface area contributed by atoms with E-state index in [-0.39, 0.29) is 12.1 Å². The van der Waals surface area contributed by atoms with Crippen molar-refractivity contribution in [1.82, 2.24) is 9.97 Å². The van der Waals surface area contributed by atoms with E-state index in [1.54, 1.807) is 12.4 Å². The van der Waals surface area contributed by atoms with Crippen LogP contribution in [0.25, 0.3) is 10.3 Å². The van der Waals surface area contributed by atoms with Gasteiger partial charge in [0.1, 0.15) is 16.3 Å². The van der Waals surface area contributed by atoms with Crippen molar-refractivity contribution in [3.05, 3.63) is 17.3 Å². The van der Waals surface area contributed by atoms with Gasteiger partial charge in [-0.05, 0) is 6.07 Å². The van der Waals surface area contributed by atoms with E-state index in [9.17, 15) is 4.79 Å². The maximum absolute atomic E-state index is 11.6. The predicted octanol–water partition coefficient (Wildman–Crippen LogP) is 1.57. The first-order chi connectivity index (χ1) is 7.83. The fourth-order valence-corrected chi connectivity index (χ4v) is 2.36. The molecule has 1 aliphatic heterocycles. The molecule has 0 aromatic carbocycles. The quantitative estimate of drug-likeness (QED) is 0.824. The van der Waals surface area contributed by atoms with Crippen molar-refractivity contribution in [2.24, 2.45) is 0 Å². The van der Waals surface area contributed by atoms with Gasteiger partial charge in [-0.15, -0.1) is 11.3 Å². The van der Waals surface area contributed by atoms with Crippen molar-refractivity contribution in [3.8, 4) is 0 Å². The highest BCUT2D eigenvalue weighted by Crippen LogP contribution is 2.23. The van der Waals surface area contributed by atoms with Crippen LogP contribution < -0.4 is 0 Å². The summed E-state index contributed by atoms with van der Waals surface area (Å²) in [5, 5.41) is 0. The number of ether oxygens (including phenoxy) is 2. The van der Waals surface area contributed by atoms with Crippen molar-refractivity contribution in [2.45, 2.75) is 12.5 Å². The van der Waals surface area contributed by atoms with Gasteiger partial charge < -0.3 is 14.5 Å². The number of nitrogens with one attached hydrogen (secondary N) is 1. The van der Waals surface area contributed by atoms with Crippen molar-refractivity contribution >= 4 is 27.7 Å². The summed E-state index contributed by atoms with van der Waals surface area (Å²) in [4.78, 5) is 20.1. The lowest BCUT2D eigenvalue weighted by Gasteiger charge is -2.25. The summed E-state index contributed by atoms with van der Waals surface area (Å²) in [5.41, 5.74) is 0.872. The van der Waals surface area contributed by atoms with Crippen molar-refractivity contribution in [2.75, 3.05) is 13.2 Å². The van der Waals surface area contributed by atoms with Crippen molar-refractivity contribution < 1.29 is 14.3 Å². The summed E-state index contributed by atoms with van der Waals surface area (Å²) in [6.07, 6.45) is 2.67. The topological polar surface area (TPSA) is 64.2 Å². The molecule has 0 spiro atoms. The number of nitrogens with zero attached hydrogens (tertiary/aromatic N) is 1. The van der Waals surface area contributed by atoms with Crippen LogP contribution >= 0.6 is 11.3 Å². The molecule has 1 saturated heterocycles. The van der Waals surface area contributed by atoms with E-state index in [0.29, 0.717) is 11.5 Å². The number of carbonyl (C=O) groups is 1. The minimum atomic E-state index is -0.299. The van der Waals surface area contributed by atoms with Crippen LogP contribution in [0.2, 0.25) is 0 Å². The number of rotatable bonds is 3. The van der Waals surface area contributed by atoms with Crippen LogP contribution in [0.3, 0.4) is 0 Å². The number of hydrogen-bond donors (Lipinski definition) is 1. The highest BCUT2D eigenvalue weighted by Gasteiger charge is 2.21. The number of aromatic amines is 1. The molecule has 0 bridgehead atoms. The number of fused-ring (bicyclic) bond motifs is 1. The normalized spacial score (nSPS) is 19.6. The maximum atomic E-state index is 11.6. The predicted molar refractivity (Wildman–Crippen MR) is 58.6 cm³/mol. The SMILES string of the molecule is O=C(OCC1CCO1)c1cc2[nH]cnc2s1. The molecule has 6 heteroatoms. The molecule has 0 amide bonds. The van der Waals surface area contributed by atoms with Gasteiger partial charge in [-0.3, -0.25) is 0 Å². The van der Waals surface area contributed by atoms with Gasteiger partial charge in [0.25, 0.3) is 0 Å². The second-order valence-corrected chi connectivity index (χ2v) is 4.64. The number of H-pyrrole nitrogens is 1. The average Bonchev–Trinajstić information content (AvgIpc) is 2.73. The highest BCUT2D eigenvalue weighted by molar-refractivity contribution is 7.20. The van der Waals surface area contributed by atoms with E-state index < -0.39 is 0 Å². The molecule has 84 valence electrons. The van der Waals surface area contributed by atoms with E-state index in [1.807, 2.05) is 0 Å². The Hall–Kier alpha value is -1.40. The minimum absolute atomic E-state index is 0.0897. The molecule has 2 aromatic rings. The molecular weight excluding hydrogens is 228 g/mol. The Kier molecular flexibility index (Phi) is 2.37. The molecule has 5 nitrogen and oxygen atoms in total. The van der Waals surface area contributed by atoms with Gasteiger partial charge in [0.05, 0.1) is 17.9 Å². The van der Waals surface area contributed by atoms with Crippen molar-refractivity contribution in [3.63, 3.8) is 0 Å². The Balaban J connectivity index is 1.66. The largest absolute Gasteiger partial charge is 0.459 e. The van der Waals surface area contributed by atoms with E-state index in [0.717, 1.165) is 23.4 Å². The first-order valence-electron chi connectivity index (χ1n) is 5.04. The fraction of sp³-hybridized carbons (Fsp3) is 0.400. The third kappa shape index (κ3) is 1.70. The van der Waals surface area contributed by atoms with Gasteiger partial charge >= 0.3 is 5.97 Å². The number of carbonyl (C=O) groups excluding carboxylic acids is 1. The zero-order valence-electron chi connectivity index (χ0n) is 8.43. The highest BCUT2D eigenvalue weighted by atomic mass is 32.1. The van der Waals surface area contributed by atoms with Gasteiger partial charge in [0, 0.05) is 13.0 Å². The van der Waals surface area contributed by atoms with Crippen LogP contribution in [-0.4, -0.2) is 35.3 Å². The summed E-state index contributed by atoms with van der Waals surface area (Å²) in [6, 6.07) is 1.76. The van der Waals surface area contributed by atoms with Crippen LogP contribution in [0.5, 0.6) is 0 Å². The molecule has 1 unspecified atom stereocenters. The van der Waals surface area contributed by atoms with Crippen LogP contribution in [0.1, 0.15) is 16.1 Å². The number of thiophene rings is 1. The van der Waals surface area contributed by atoms with E-state index in [4.69, 9.17) is 9.47 Å². The van der Waals surface area contributed by atoms with E-state index >= 15 is 0 Å². The number of esters is 1. The monoisotopic (exact) mass is 238 g/mol. The lowest BCUT2D eigenvalue weighted by molar-refractivity contribution is -0.0823. The number of imidazole rings is 1. The first-order valence-corrected chi connectivity index (χ1v) is 5.86. The smallest absolute Gasteiger partial charge is 0.348 e. The molecule has 0 saturated carbocycles. The molecule has 16 heavy (non-hydrogen) atoms. The molecule has 3 rings (SSSR count). The second kappa shape index (κ2) is 3.88. The van der Waals surface area contributed by atoms with Gasteiger partial charge in [0.15, 0.2) is 0 Å². The average molecular weight is 238 g/mol. The van der Waals surface area contributed by atoms with E-state index in [1.165, 1.54) is 11.3 Å². The standard InChI is InChI=1S/C10H10N2O3S/c13-10(15-4-6-1-2-14-6)8-3-7-9(16-8)12-5-11-7/h3,5-6H,1-2,4H2,(H,11,12). The van der Waals surface area contributed by atoms with Crippen LogP contribution in [0.15, 0.2) is 12.4 Å². The van der Waals surface area contributed by atoms with Gasteiger partial charge in [-0.1, -0.05) is 0 Å². The Morgan fingerprint density at radius 3 is 3.31 bits per heavy atom. The van der Waals surface area contributed by atoms with Crippen LogP contribution in [0.4, 0.5) is 0 Å². The third-order valence-electron chi connectivity index (χ3n) is 2.51. The molecule has 1 fully saturated rings. The molecule has 1 aliphatic rings. The third-order valence-corrected chi connectivity index (χ3v) is 3.53. The summed E-state index contributed by atoms with van der Waals surface area (Å²) < 4.78 is 10.3. The molecule has 1 atom stereocenters. The van der Waals surface area contributed by atoms with Crippen LogP contribution in [-0.2, 0) is 9.47 Å². The Bertz CT molecular complexity index is 486. The zero-order chi connectivity index (χ0) is 11.0. The molecular formula is C10H10N2O3S. The zero-order valence-corrected chi connectivity index (χ0v) is 9.25. The maximum Gasteiger partial charge on any atom is 0.348 e. The Morgan fingerprint density at radius 2 is 2.62 bits per heavy atom. The molecule has 3 heterocycles. The summed E-state index contributed by atoms with van der Waals surface area (Å²) in [5.74, 6) is -0.299. The summed E-state index contributed by atoms with van der Waals surface area (Å²) in [7, 11) is 0. The Morgan fingerprint density at radius 1 is 1.75 bits per heavy atom. The summed E-state index contributed by atoms with van der Waals surface area (Å²) in [6.45, 7) is 1.12. The van der Waals surface area contributed by atoms with Crippen molar-refractivity contribution in [1.29, 1.82) is 0 Å². The van der Waals surface area contributed by atoms with Gasteiger partial charge in [-0.25, -0.2) is 9.78 Å². The molecule has 2 aromatic heterocycles. The minimum Gasteiger partial charge on any atom is -0.459 e. The van der Waals surface area contributed by atoms with E-state index in [2.05, 4.69) is 9.97 Å².